The van der Waals surface area contributed by atoms with Crippen molar-refractivity contribution in [2.75, 3.05) is 12.0 Å². The van der Waals surface area contributed by atoms with E-state index in [1.54, 1.807) is 13.2 Å². The van der Waals surface area contributed by atoms with E-state index in [4.69, 9.17) is 9.15 Å². The van der Waals surface area contributed by atoms with Gasteiger partial charge in [-0.25, -0.2) is 0 Å². The van der Waals surface area contributed by atoms with E-state index in [0.717, 1.165) is 17.5 Å². The molecule has 0 fully saturated rings. The molecule has 23 heavy (non-hydrogen) atoms. The number of benzene rings is 2. The van der Waals surface area contributed by atoms with Crippen molar-refractivity contribution in [3.8, 4) is 5.75 Å². The Hall–Kier alpha value is -2.75. The summed E-state index contributed by atoms with van der Waals surface area (Å²) in [6.45, 7) is 2.06. The third kappa shape index (κ3) is 2.10. The van der Waals surface area contributed by atoms with Gasteiger partial charge in [-0.3, -0.25) is 4.79 Å². The summed E-state index contributed by atoms with van der Waals surface area (Å²) in [6, 6.07) is 15.6. The van der Waals surface area contributed by atoms with Crippen LogP contribution in [0.5, 0.6) is 5.75 Å². The van der Waals surface area contributed by atoms with Gasteiger partial charge < -0.3 is 14.1 Å². The van der Waals surface area contributed by atoms with Gasteiger partial charge in [0, 0.05) is 17.1 Å². The van der Waals surface area contributed by atoms with Crippen LogP contribution in [-0.4, -0.2) is 19.1 Å². The van der Waals surface area contributed by atoms with Crippen LogP contribution in [-0.2, 0) is 6.42 Å². The van der Waals surface area contributed by atoms with Crippen molar-refractivity contribution in [1.29, 1.82) is 0 Å². The van der Waals surface area contributed by atoms with Gasteiger partial charge in [-0.2, -0.15) is 0 Å². The molecule has 0 saturated heterocycles. The van der Waals surface area contributed by atoms with Crippen LogP contribution in [0.15, 0.2) is 52.9 Å². The van der Waals surface area contributed by atoms with E-state index in [9.17, 15) is 4.79 Å². The summed E-state index contributed by atoms with van der Waals surface area (Å²) in [7, 11) is 1.59. The SMILES string of the molecule is COc1cccc2cc(C(=O)N3c4ccccc4CC3C)oc12. The van der Waals surface area contributed by atoms with Crippen LogP contribution < -0.4 is 9.64 Å². The highest BCUT2D eigenvalue weighted by Crippen LogP contribution is 2.35. The first-order chi connectivity index (χ1) is 11.2. The molecule has 1 aliphatic rings. The molecule has 1 atom stereocenters. The number of anilines is 1. The van der Waals surface area contributed by atoms with Gasteiger partial charge in [0.15, 0.2) is 17.1 Å². The highest BCUT2D eigenvalue weighted by atomic mass is 16.5. The molecule has 116 valence electrons. The zero-order chi connectivity index (χ0) is 16.0. The van der Waals surface area contributed by atoms with Crippen molar-refractivity contribution in [2.24, 2.45) is 0 Å². The lowest BCUT2D eigenvalue weighted by Gasteiger charge is -2.21. The molecule has 0 aliphatic carbocycles. The Morgan fingerprint density at radius 2 is 2.04 bits per heavy atom. The maximum Gasteiger partial charge on any atom is 0.294 e. The predicted molar refractivity (Wildman–Crippen MR) is 89.2 cm³/mol. The van der Waals surface area contributed by atoms with E-state index in [1.807, 2.05) is 41.3 Å². The van der Waals surface area contributed by atoms with Crippen molar-refractivity contribution in [2.45, 2.75) is 19.4 Å². The fourth-order valence-corrected chi connectivity index (χ4v) is 3.30. The van der Waals surface area contributed by atoms with Gasteiger partial charge in [0.05, 0.1) is 7.11 Å². The van der Waals surface area contributed by atoms with E-state index in [0.29, 0.717) is 17.1 Å². The number of amides is 1. The van der Waals surface area contributed by atoms with Gasteiger partial charge in [0.25, 0.3) is 5.91 Å². The summed E-state index contributed by atoms with van der Waals surface area (Å²) in [5.74, 6) is 0.866. The number of rotatable bonds is 2. The molecular weight excluding hydrogens is 290 g/mol. The summed E-state index contributed by atoms with van der Waals surface area (Å²) in [4.78, 5) is 14.8. The second-order valence-corrected chi connectivity index (χ2v) is 5.85. The Kier molecular flexibility index (Phi) is 3.11. The van der Waals surface area contributed by atoms with Gasteiger partial charge in [-0.15, -0.1) is 0 Å². The summed E-state index contributed by atoms with van der Waals surface area (Å²) in [6.07, 6.45) is 0.867. The molecule has 0 radical (unpaired) electrons. The number of nitrogens with zero attached hydrogens (tertiary/aromatic N) is 1. The van der Waals surface area contributed by atoms with Crippen LogP contribution in [0.4, 0.5) is 5.69 Å². The second-order valence-electron chi connectivity index (χ2n) is 5.85. The molecule has 1 aliphatic heterocycles. The Bertz CT molecular complexity index is 897. The molecule has 1 unspecified atom stereocenters. The molecule has 1 aromatic heterocycles. The lowest BCUT2D eigenvalue weighted by Crippen LogP contribution is -2.35. The topological polar surface area (TPSA) is 42.7 Å². The first-order valence-electron chi connectivity index (χ1n) is 7.67. The van der Waals surface area contributed by atoms with Crippen LogP contribution in [0.2, 0.25) is 0 Å². The van der Waals surface area contributed by atoms with Gasteiger partial charge in [-0.1, -0.05) is 30.3 Å². The van der Waals surface area contributed by atoms with Gasteiger partial charge in [0.1, 0.15) is 0 Å². The number of fused-ring (bicyclic) bond motifs is 2. The Morgan fingerprint density at radius 3 is 2.87 bits per heavy atom. The fourth-order valence-electron chi connectivity index (χ4n) is 3.30. The lowest BCUT2D eigenvalue weighted by molar-refractivity contribution is 0.0956. The summed E-state index contributed by atoms with van der Waals surface area (Å²) in [5, 5.41) is 0.868. The van der Waals surface area contributed by atoms with E-state index in [2.05, 4.69) is 13.0 Å². The van der Waals surface area contributed by atoms with Crippen LogP contribution in [0.3, 0.4) is 0 Å². The minimum Gasteiger partial charge on any atom is -0.493 e. The van der Waals surface area contributed by atoms with Crippen molar-refractivity contribution in [1.82, 2.24) is 0 Å². The number of carbonyl (C=O) groups is 1. The Balaban J connectivity index is 1.78. The molecule has 4 rings (SSSR count). The summed E-state index contributed by atoms with van der Waals surface area (Å²) < 4.78 is 11.1. The fraction of sp³-hybridized carbons (Fsp3) is 0.211. The quantitative estimate of drug-likeness (QED) is 0.718. The number of carbonyl (C=O) groups excluding carboxylic acids is 1. The zero-order valence-corrected chi connectivity index (χ0v) is 13.1. The van der Waals surface area contributed by atoms with E-state index < -0.39 is 0 Å². The van der Waals surface area contributed by atoms with Crippen molar-refractivity contribution in [3.05, 3.63) is 59.9 Å². The molecule has 4 heteroatoms. The van der Waals surface area contributed by atoms with Crippen LogP contribution in [0.1, 0.15) is 23.0 Å². The standard InChI is InChI=1S/C19H17NO3/c1-12-10-13-6-3-4-8-15(13)20(12)19(21)17-11-14-7-5-9-16(22-2)18(14)23-17/h3-9,11-12H,10H2,1-2H3. The molecule has 1 amide bonds. The normalized spacial score (nSPS) is 16.6. The third-order valence-electron chi connectivity index (χ3n) is 4.36. The minimum atomic E-state index is -0.110. The Morgan fingerprint density at radius 1 is 1.22 bits per heavy atom. The number of hydrogen-bond acceptors (Lipinski definition) is 3. The predicted octanol–water partition coefficient (Wildman–Crippen LogP) is 4.03. The van der Waals surface area contributed by atoms with E-state index in [-0.39, 0.29) is 11.9 Å². The summed E-state index contributed by atoms with van der Waals surface area (Å²) in [5.41, 5.74) is 2.78. The third-order valence-corrected chi connectivity index (χ3v) is 4.36. The lowest BCUT2D eigenvalue weighted by atomic mass is 10.1. The largest absolute Gasteiger partial charge is 0.493 e. The zero-order valence-electron chi connectivity index (χ0n) is 13.1. The molecule has 4 nitrogen and oxygen atoms in total. The van der Waals surface area contributed by atoms with E-state index >= 15 is 0 Å². The number of hydrogen-bond donors (Lipinski definition) is 0. The van der Waals surface area contributed by atoms with Crippen LogP contribution in [0.25, 0.3) is 11.0 Å². The Labute approximate surface area is 134 Å². The van der Waals surface area contributed by atoms with Crippen molar-refractivity contribution in [3.63, 3.8) is 0 Å². The average Bonchev–Trinajstić information content (AvgIpc) is 3.14. The molecular formula is C19H17NO3. The van der Waals surface area contributed by atoms with Gasteiger partial charge in [0.2, 0.25) is 0 Å². The maximum atomic E-state index is 13.0. The highest BCUT2D eigenvalue weighted by molar-refractivity contribution is 6.08. The second kappa shape index (κ2) is 5.16. The van der Waals surface area contributed by atoms with Gasteiger partial charge >= 0.3 is 0 Å². The molecule has 0 bridgehead atoms. The van der Waals surface area contributed by atoms with Crippen LogP contribution >= 0.6 is 0 Å². The molecule has 0 N–H and O–H groups in total. The van der Waals surface area contributed by atoms with E-state index in [1.165, 1.54) is 5.56 Å². The molecule has 2 heterocycles. The van der Waals surface area contributed by atoms with Crippen LogP contribution in [0, 0.1) is 0 Å². The first kappa shape index (κ1) is 13.9. The number of para-hydroxylation sites is 2. The van der Waals surface area contributed by atoms with Gasteiger partial charge in [-0.05, 0) is 37.1 Å². The highest BCUT2D eigenvalue weighted by Gasteiger charge is 2.33. The van der Waals surface area contributed by atoms with Crippen molar-refractivity contribution < 1.29 is 13.9 Å². The number of furan rings is 1. The monoisotopic (exact) mass is 307 g/mol. The number of ether oxygens (including phenoxy) is 1. The minimum absolute atomic E-state index is 0.110. The molecule has 2 aromatic carbocycles. The average molecular weight is 307 g/mol. The smallest absolute Gasteiger partial charge is 0.294 e. The first-order valence-corrected chi connectivity index (χ1v) is 7.67. The molecule has 0 saturated carbocycles. The number of methoxy groups -OCH3 is 1. The molecule has 0 spiro atoms. The molecule has 3 aromatic rings. The summed E-state index contributed by atoms with van der Waals surface area (Å²) >= 11 is 0. The maximum absolute atomic E-state index is 13.0. The van der Waals surface area contributed by atoms with Crippen molar-refractivity contribution >= 4 is 22.6 Å².